The Kier molecular flexibility index (Phi) is 4.56. The Labute approximate surface area is 107 Å². The summed E-state index contributed by atoms with van der Waals surface area (Å²) in [7, 11) is 3.96. The second kappa shape index (κ2) is 5.96. The van der Waals surface area contributed by atoms with Crippen LogP contribution in [0.15, 0.2) is 6.07 Å². The first-order valence-electron chi connectivity index (χ1n) is 6.29. The molecule has 0 saturated carbocycles. The maximum absolute atomic E-state index is 9.71. The third-order valence-electron chi connectivity index (χ3n) is 3.05. The minimum Gasteiger partial charge on any atom is -0.390 e. The van der Waals surface area contributed by atoms with Gasteiger partial charge in [0.15, 0.2) is 0 Å². The zero-order valence-corrected chi connectivity index (χ0v) is 11.5. The van der Waals surface area contributed by atoms with E-state index in [1.165, 1.54) is 24.1 Å². The second-order valence-electron chi connectivity index (χ2n) is 5.06. The van der Waals surface area contributed by atoms with Crippen LogP contribution in [0.1, 0.15) is 21.7 Å². The number of aliphatic hydroxyl groups is 1. The first kappa shape index (κ1) is 13.0. The topological polar surface area (TPSA) is 35.5 Å². The fourth-order valence-corrected chi connectivity index (χ4v) is 3.56. The number of hydrogen-bond acceptors (Lipinski definition) is 4. The van der Waals surface area contributed by atoms with Crippen molar-refractivity contribution < 1.29 is 5.11 Å². The van der Waals surface area contributed by atoms with Crippen LogP contribution in [0.4, 0.5) is 0 Å². The van der Waals surface area contributed by atoms with Crippen molar-refractivity contribution in [2.75, 3.05) is 27.2 Å². The molecule has 2 N–H and O–H groups in total. The molecular formula is C13H22N2OS. The van der Waals surface area contributed by atoms with Gasteiger partial charge < -0.3 is 15.3 Å². The van der Waals surface area contributed by atoms with E-state index in [-0.39, 0.29) is 6.10 Å². The lowest BCUT2D eigenvalue weighted by molar-refractivity contribution is 0.134. The van der Waals surface area contributed by atoms with Crippen LogP contribution in [0.3, 0.4) is 0 Å². The Morgan fingerprint density at radius 3 is 3.00 bits per heavy atom. The highest BCUT2D eigenvalue weighted by molar-refractivity contribution is 7.12. The summed E-state index contributed by atoms with van der Waals surface area (Å²) >= 11 is 1.93. The molecule has 0 aliphatic heterocycles. The lowest BCUT2D eigenvalue weighted by Crippen LogP contribution is -2.34. The Morgan fingerprint density at radius 1 is 1.47 bits per heavy atom. The van der Waals surface area contributed by atoms with Crippen LogP contribution in [-0.2, 0) is 19.4 Å². The third kappa shape index (κ3) is 3.78. The molecular weight excluding hydrogens is 232 g/mol. The van der Waals surface area contributed by atoms with Crippen LogP contribution >= 0.6 is 11.3 Å². The molecule has 4 heteroatoms. The van der Waals surface area contributed by atoms with E-state index in [9.17, 15) is 5.11 Å². The Bertz CT molecular complexity index is 341. The number of aryl methyl sites for hydroxylation is 2. The number of nitrogens with zero attached hydrogens (tertiary/aromatic N) is 1. The molecule has 1 aliphatic carbocycles. The van der Waals surface area contributed by atoms with Gasteiger partial charge in [0.2, 0.25) is 0 Å². The van der Waals surface area contributed by atoms with Gasteiger partial charge in [0.05, 0.1) is 6.10 Å². The van der Waals surface area contributed by atoms with Gasteiger partial charge in [-0.2, -0.15) is 0 Å². The predicted octanol–water partition coefficient (Wildman–Crippen LogP) is 1.25. The van der Waals surface area contributed by atoms with Crippen molar-refractivity contribution in [3.63, 3.8) is 0 Å². The normalized spacial score (nSPS) is 16.5. The van der Waals surface area contributed by atoms with Crippen LogP contribution in [0.25, 0.3) is 0 Å². The summed E-state index contributed by atoms with van der Waals surface area (Å²) in [6.45, 7) is 2.27. The molecule has 0 bridgehead atoms. The van der Waals surface area contributed by atoms with Gasteiger partial charge in [-0.05, 0) is 45.0 Å². The van der Waals surface area contributed by atoms with E-state index in [0.29, 0.717) is 13.1 Å². The average molecular weight is 254 g/mol. The highest BCUT2D eigenvalue weighted by atomic mass is 32.1. The van der Waals surface area contributed by atoms with Crippen LogP contribution < -0.4 is 5.32 Å². The van der Waals surface area contributed by atoms with E-state index < -0.39 is 0 Å². The molecule has 1 heterocycles. The van der Waals surface area contributed by atoms with Crippen LogP contribution in [-0.4, -0.2) is 43.3 Å². The highest BCUT2D eigenvalue weighted by Crippen LogP contribution is 2.30. The zero-order valence-electron chi connectivity index (χ0n) is 10.7. The highest BCUT2D eigenvalue weighted by Gasteiger charge is 2.14. The summed E-state index contributed by atoms with van der Waals surface area (Å²) in [6.07, 6.45) is 3.58. The molecule has 1 aliphatic rings. The van der Waals surface area contributed by atoms with Gasteiger partial charge in [0.25, 0.3) is 0 Å². The second-order valence-corrected chi connectivity index (χ2v) is 6.28. The number of hydrogen-bond donors (Lipinski definition) is 2. The van der Waals surface area contributed by atoms with E-state index in [0.717, 1.165) is 6.54 Å². The Balaban J connectivity index is 1.71. The molecule has 1 aromatic rings. The number of nitrogens with one attached hydrogen (secondary N) is 1. The molecule has 0 spiro atoms. The summed E-state index contributed by atoms with van der Waals surface area (Å²) in [5.41, 5.74) is 1.56. The molecule has 1 unspecified atom stereocenters. The number of fused-ring (bicyclic) bond motifs is 1. The van der Waals surface area contributed by atoms with Crippen LogP contribution in [0, 0.1) is 0 Å². The number of likely N-dealkylation sites (N-methyl/N-ethyl adjacent to an activating group) is 1. The molecule has 0 amide bonds. The van der Waals surface area contributed by atoms with Crippen molar-refractivity contribution in [1.82, 2.24) is 10.2 Å². The minimum absolute atomic E-state index is 0.281. The molecule has 2 rings (SSSR count). The van der Waals surface area contributed by atoms with Crippen molar-refractivity contribution in [2.24, 2.45) is 0 Å². The maximum atomic E-state index is 9.71. The van der Waals surface area contributed by atoms with E-state index in [1.54, 1.807) is 10.4 Å². The molecule has 3 nitrogen and oxygen atoms in total. The van der Waals surface area contributed by atoms with Gasteiger partial charge in [-0.3, -0.25) is 0 Å². The summed E-state index contributed by atoms with van der Waals surface area (Å²) in [6, 6.07) is 2.33. The molecule has 1 atom stereocenters. The molecule has 0 radical (unpaired) electrons. The van der Waals surface area contributed by atoms with Crippen molar-refractivity contribution in [3.8, 4) is 0 Å². The standard InChI is InChI=1S/C13H22N2OS/c1-15(2)9-11(16)7-14-8-12-6-10-4-3-5-13(10)17-12/h6,11,14,16H,3-5,7-9H2,1-2H3. The summed E-state index contributed by atoms with van der Waals surface area (Å²) in [5.74, 6) is 0. The first-order valence-corrected chi connectivity index (χ1v) is 7.11. The van der Waals surface area contributed by atoms with Gasteiger partial charge in [0, 0.05) is 29.4 Å². The Morgan fingerprint density at radius 2 is 2.29 bits per heavy atom. The first-order chi connectivity index (χ1) is 8.15. The average Bonchev–Trinajstić information content (AvgIpc) is 2.76. The smallest absolute Gasteiger partial charge is 0.0791 e. The van der Waals surface area contributed by atoms with E-state index >= 15 is 0 Å². The van der Waals surface area contributed by atoms with Crippen LogP contribution in [0.2, 0.25) is 0 Å². The quantitative estimate of drug-likeness (QED) is 0.802. The molecule has 96 valence electrons. The third-order valence-corrected chi connectivity index (χ3v) is 4.29. The molecule has 0 aromatic carbocycles. The van der Waals surface area contributed by atoms with Gasteiger partial charge >= 0.3 is 0 Å². The van der Waals surface area contributed by atoms with Crippen LogP contribution in [0.5, 0.6) is 0 Å². The summed E-state index contributed by atoms with van der Waals surface area (Å²) < 4.78 is 0. The van der Waals surface area contributed by atoms with Crippen molar-refractivity contribution in [3.05, 3.63) is 21.4 Å². The number of rotatable bonds is 6. The van der Waals surface area contributed by atoms with Gasteiger partial charge in [-0.25, -0.2) is 0 Å². The van der Waals surface area contributed by atoms with E-state index in [4.69, 9.17) is 0 Å². The largest absolute Gasteiger partial charge is 0.390 e. The van der Waals surface area contributed by atoms with Crippen molar-refractivity contribution in [2.45, 2.75) is 31.9 Å². The number of aliphatic hydroxyl groups excluding tert-OH is 1. The lowest BCUT2D eigenvalue weighted by atomic mass is 10.2. The molecule has 1 aromatic heterocycles. The SMILES string of the molecule is CN(C)CC(O)CNCc1cc2c(s1)CCC2. The fourth-order valence-electron chi connectivity index (χ4n) is 2.33. The van der Waals surface area contributed by atoms with E-state index in [2.05, 4.69) is 11.4 Å². The number of thiophene rings is 1. The fraction of sp³-hybridized carbons (Fsp3) is 0.692. The molecule has 17 heavy (non-hydrogen) atoms. The van der Waals surface area contributed by atoms with E-state index in [1.807, 2.05) is 30.3 Å². The zero-order chi connectivity index (χ0) is 12.3. The summed E-state index contributed by atoms with van der Waals surface area (Å²) in [4.78, 5) is 4.99. The minimum atomic E-state index is -0.281. The monoisotopic (exact) mass is 254 g/mol. The predicted molar refractivity (Wildman–Crippen MR) is 72.6 cm³/mol. The molecule has 0 saturated heterocycles. The van der Waals surface area contributed by atoms with Crippen molar-refractivity contribution >= 4 is 11.3 Å². The molecule has 0 fully saturated rings. The van der Waals surface area contributed by atoms with Gasteiger partial charge in [-0.1, -0.05) is 0 Å². The van der Waals surface area contributed by atoms with Gasteiger partial charge in [0.1, 0.15) is 0 Å². The summed E-state index contributed by atoms with van der Waals surface area (Å²) in [5, 5.41) is 13.0. The maximum Gasteiger partial charge on any atom is 0.0791 e. The Hall–Kier alpha value is -0.420. The van der Waals surface area contributed by atoms with Gasteiger partial charge in [-0.15, -0.1) is 11.3 Å². The lowest BCUT2D eigenvalue weighted by Gasteiger charge is -2.16. The van der Waals surface area contributed by atoms with Crippen molar-refractivity contribution in [1.29, 1.82) is 0 Å².